The molecule has 1 fully saturated rings. The van der Waals surface area contributed by atoms with E-state index in [-0.39, 0.29) is 0 Å². The standard InChI is InChI=1S/C12H27N4.4CH3O.Ti/c1-5-13-7-2-9-15-11-4-12-16-10-3-8-14-6-1;4*1-2;/h13-15H,1-12H2;4*1H3;/q5*-1;+5. The average molecular weight is 399 g/mol. The molecule has 1 aliphatic heterocycles. The van der Waals surface area contributed by atoms with Gasteiger partial charge in [0.2, 0.25) is 0 Å². The summed E-state index contributed by atoms with van der Waals surface area (Å²) >= 11 is -4.53. The first-order chi connectivity index (χ1) is 12.2. The van der Waals surface area contributed by atoms with E-state index in [0.29, 0.717) is 0 Å². The van der Waals surface area contributed by atoms with Crippen molar-refractivity contribution in [3.05, 3.63) is 0 Å². The Morgan fingerprint density at radius 3 is 1.20 bits per heavy atom. The molecule has 25 heavy (non-hydrogen) atoms. The van der Waals surface area contributed by atoms with E-state index < -0.39 is 17.1 Å². The molecule has 9 heteroatoms. The SMILES string of the molecule is C[O][Ti]([O]C)([O]C)([O]C)[N]1CCCNCCCNCCCNCCC1. The third kappa shape index (κ3) is 6.81. The average Bonchev–Trinajstić information content (AvgIpc) is 2.65. The molecule has 0 aromatic heterocycles. The van der Waals surface area contributed by atoms with Crippen LogP contribution in [0, 0.1) is 0 Å². The van der Waals surface area contributed by atoms with E-state index >= 15 is 0 Å². The molecule has 0 aromatic rings. The van der Waals surface area contributed by atoms with Crippen molar-refractivity contribution < 1.29 is 30.4 Å². The molecule has 0 radical (unpaired) electrons. The Bertz CT molecular complexity index is 309. The fourth-order valence-electron chi connectivity index (χ4n) is 3.33. The first kappa shape index (κ1) is 23.4. The molecule has 0 aromatic carbocycles. The molecular weight excluding hydrogens is 360 g/mol. The summed E-state index contributed by atoms with van der Waals surface area (Å²) in [5.74, 6) is 0. The Hall–Kier alpha value is 0.394. The molecule has 0 unspecified atom stereocenters. The van der Waals surface area contributed by atoms with Crippen LogP contribution in [0.4, 0.5) is 0 Å². The molecule has 1 aliphatic rings. The summed E-state index contributed by atoms with van der Waals surface area (Å²) in [4.78, 5) is 0. The van der Waals surface area contributed by atoms with Crippen molar-refractivity contribution in [3.8, 4) is 0 Å². The second kappa shape index (κ2) is 12.7. The van der Waals surface area contributed by atoms with E-state index in [1.165, 1.54) is 0 Å². The van der Waals surface area contributed by atoms with E-state index in [9.17, 15) is 0 Å². The second-order valence-electron chi connectivity index (χ2n) is 6.33. The van der Waals surface area contributed by atoms with Gasteiger partial charge in [0.25, 0.3) is 0 Å². The summed E-state index contributed by atoms with van der Waals surface area (Å²) in [6, 6.07) is 0. The van der Waals surface area contributed by atoms with Crippen LogP contribution in [-0.4, -0.2) is 84.2 Å². The number of hydrogen-bond donors (Lipinski definition) is 3. The van der Waals surface area contributed by atoms with Crippen LogP contribution in [0.3, 0.4) is 0 Å². The molecule has 0 spiro atoms. The van der Waals surface area contributed by atoms with Crippen LogP contribution in [0.5, 0.6) is 0 Å². The van der Waals surface area contributed by atoms with Crippen molar-refractivity contribution in [2.24, 2.45) is 0 Å². The van der Waals surface area contributed by atoms with E-state index in [1.54, 1.807) is 28.4 Å². The zero-order valence-corrected chi connectivity index (χ0v) is 18.1. The van der Waals surface area contributed by atoms with Gasteiger partial charge in [0.05, 0.1) is 0 Å². The van der Waals surface area contributed by atoms with Crippen LogP contribution >= 0.6 is 0 Å². The van der Waals surface area contributed by atoms with E-state index in [2.05, 4.69) is 19.3 Å². The summed E-state index contributed by atoms with van der Waals surface area (Å²) in [6.07, 6.45) is 4.26. The molecule has 151 valence electrons. The van der Waals surface area contributed by atoms with Crippen LogP contribution in [-0.2, 0) is 30.4 Å². The van der Waals surface area contributed by atoms with Crippen LogP contribution in [0.25, 0.3) is 0 Å². The van der Waals surface area contributed by atoms with Crippen LogP contribution in [0.2, 0.25) is 0 Å². The van der Waals surface area contributed by atoms with Gasteiger partial charge in [0.1, 0.15) is 0 Å². The molecule has 0 bridgehead atoms. The Morgan fingerprint density at radius 1 is 0.560 bits per heavy atom. The summed E-state index contributed by atoms with van der Waals surface area (Å²) in [6.45, 7) is 7.73. The third-order valence-corrected chi connectivity index (χ3v) is 11.4. The van der Waals surface area contributed by atoms with Gasteiger partial charge in [-0.1, -0.05) is 0 Å². The molecule has 1 rings (SSSR count). The van der Waals surface area contributed by atoms with Crippen molar-refractivity contribution in [1.29, 1.82) is 0 Å². The van der Waals surface area contributed by atoms with Gasteiger partial charge in [-0.3, -0.25) is 0 Å². The molecular formula is C16H39N4O4Ti. The maximum absolute atomic E-state index is 5.82. The number of nitrogens with zero attached hydrogens (tertiary/aromatic N) is 1. The van der Waals surface area contributed by atoms with Gasteiger partial charge < -0.3 is 0 Å². The van der Waals surface area contributed by atoms with Crippen molar-refractivity contribution in [2.45, 2.75) is 25.7 Å². The molecule has 0 saturated carbocycles. The van der Waals surface area contributed by atoms with E-state index in [1.807, 2.05) is 0 Å². The Balaban J connectivity index is 2.74. The monoisotopic (exact) mass is 399 g/mol. The molecule has 8 nitrogen and oxygen atoms in total. The summed E-state index contributed by atoms with van der Waals surface area (Å²) in [7, 11) is 6.48. The maximum atomic E-state index is 5.82. The van der Waals surface area contributed by atoms with Crippen LogP contribution in [0.1, 0.15) is 25.7 Å². The molecule has 0 aliphatic carbocycles. The fourth-order valence-corrected chi connectivity index (χ4v) is 8.14. The van der Waals surface area contributed by atoms with Crippen LogP contribution in [0.15, 0.2) is 0 Å². The van der Waals surface area contributed by atoms with Crippen molar-refractivity contribution >= 4 is 0 Å². The quantitative estimate of drug-likeness (QED) is 0.577. The van der Waals surface area contributed by atoms with Gasteiger partial charge >= 0.3 is 156 Å². The minimum atomic E-state index is -4.53. The van der Waals surface area contributed by atoms with Crippen molar-refractivity contribution in [2.75, 3.05) is 80.8 Å². The summed E-state index contributed by atoms with van der Waals surface area (Å²) in [5.41, 5.74) is 0. The van der Waals surface area contributed by atoms with Gasteiger partial charge in [-0.2, -0.15) is 0 Å². The third-order valence-electron chi connectivity index (χ3n) is 4.86. The summed E-state index contributed by atoms with van der Waals surface area (Å²) in [5, 5.41) is 10.5. The predicted octanol–water partition coefficient (Wildman–Crippen LogP) is 0.481. The predicted molar refractivity (Wildman–Crippen MR) is 96.7 cm³/mol. The van der Waals surface area contributed by atoms with E-state index in [4.69, 9.17) is 13.3 Å². The van der Waals surface area contributed by atoms with Gasteiger partial charge in [0, 0.05) is 0 Å². The Kier molecular flexibility index (Phi) is 11.9. The van der Waals surface area contributed by atoms with Gasteiger partial charge in [-0.05, 0) is 0 Å². The first-order valence-electron chi connectivity index (χ1n) is 9.43. The fraction of sp³-hybridized carbons (Fsp3) is 1.00. The summed E-state index contributed by atoms with van der Waals surface area (Å²) < 4.78 is 25.5. The normalized spacial score (nSPS) is 23.0. The van der Waals surface area contributed by atoms with Crippen LogP contribution < -0.4 is 16.0 Å². The molecule has 1 saturated heterocycles. The van der Waals surface area contributed by atoms with Gasteiger partial charge in [0.15, 0.2) is 0 Å². The second-order valence-corrected chi connectivity index (χ2v) is 12.6. The van der Waals surface area contributed by atoms with Gasteiger partial charge in [-0.15, -0.1) is 0 Å². The minimum absolute atomic E-state index is 0.811. The number of hydrogen-bond acceptors (Lipinski definition) is 8. The topological polar surface area (TPSA) is 76.2 Å². The number of rotatable bonds is 5. The van der Waals surface area contributed by atoms with Crippen molar-refractivity contribution in [3.63, 3.8) is 0 Å². The Morgan fingerprint density at radius 2 is 0.880 bits per heavy atom. The number of nitrogens with one attached hydrogen (secondary N) is 3. The van der Waals surface area contributed by atoms with E-state index in [0.717, 1.165) is 78.0 Å². The molecule has 0 atom stereocenters. The molecule has 3 N–H and O–H groups in total. The van der Waals surface area contributed by atoms with Gasteiger partial charge in [-0.25, -0.2) is 0 Å². The molecule has 0 amide bonds. The first-order valence-corrected chi connectivity index (χ1v) is 12.7. The van der Waals surface area contributed by atoms with Crippen molar-refractivity contribution in [1.82, 2.24) is 19.3 Å². The Labute approximate surface area is 156 Å². The zero-order chi connectivity index (χ0) is 18.5. The zero-order valence-electron chi connectivity index (χ0n) is 16.6. The molecule has 1 heterocycles.